The summed E-state index contributed by atoms with van der Waals surface area (Å²) < 4.78 is 45.5. The molecular weight excluding hydrogens is 507 g/mol. The topological polar surface area (TPSA) is 73.5 Å². The Hall–Kier alpha value is -3.52. The third kappa shape index (κ3) is 6.07. The molecule has 1 heterocycles. The molecule has 0 amide bonds. The fourth-order valence-electron chi connectivity index (χ4n) is 4.49. The summed E-state index contributed by atoms with van der Waals surface area (Å²) in [6.07, 6.45) is 2.55. The zero-order valence-electron chi connectivity index (χ0n) is 20.0. The Labute approximate surface area is 217 Å². The van der Waals surface area contributed by atoms with Crippen LogP contribution in [0.1, 0.15) is 42.5 Å². The first kappa shape index (κ1) is 26.5. The number of ketones is 1. The SMILES string of the molecule is C=C(O)c1ccc(CC(=O)[C@H](C[C@H]2C[C@@H]2C)c2ccc(-c3c(OC(F)F)ccc(Cl)c3F)c[n+]2[O-])cc1. The Bertz CT molecular complexity index is 1330. The average molecular weight is 532 g/mol. The van der Waals surface area contributed by atoms with Crippen molar-refractivity contribution in [3.8, 4) is 16.9 Å². The molecule has 3 aromatic rings. The molecule has 0 unspecified atom stereocenters. The predicted octanol–water partition coefficient (Wildman–Crippen LogP) is 6.85. The van der Waals surface area contributed by atoms with Gasteiger partial charge >= 0.3 is 6.61 Å². The van der Waals surface area contributed by atoms with Crippen LogP contribution in [-0.2, 0) is 11.2 Å². The smallest absolute Gasteiger partial charge is 0.387 e. The average Bonchev–Trinajstić information content (AvgIpc) is 3.54. The number of hydrogen-bond donors (Lipinski definition) is 1. The van der Waals surface area contributed by atoms with Crippen LogP contribution in [0.25, 0.3) is 16.9 Å². The monoisotopic (exact) mass is 531 g/mol. The number of hydrogen-bond acceptors (Lipinski definition) is 4. The summed E-state index contributed by atoms with van der Waals surface area (Å²) in [4.78, 5) is 13.4. The van der Waals surface area contributed by atoms with Gasteiger partial charge in [-0.1, -0.05) is 49.4 Å². The van der Waals surface area contributed by atoms with Gasteiger partial charge < -0.3 is 15.1 Å². The van der Waals surface area contributed by atoms with E-state index in [1.54, 1.807) is 24.3 Å². The summed E-state index contributed by atoms with van der Waals surface area (Å²) in [6.45, 7) is 2.35. The van der Waals surface area contributed by atoms with Gasteiger partial charge in [-0.25, -0.2) is 4.39 Å². The van der Waals surface area contributed by atoms with Gasteiger partial charge in [0.2, 0.25) is 5.69 Å². The van der Waals surface area contributed by atoms with Crippen molar-refractivity contribution in [2.75, 3.05) is 0 Å². The van der Waals surface area contributed by atoms with E-state index in [1.165, 1.54) is 12.1 Å². The highest BCUT2D eigenvalue weighted by Gasteiger charge is 2.39. The van der Waals surface area contributed by atoms with Crippen molar-refractivity contribution in [3.63, 3.8) is 0 Å². The van der Waals surface area contributed by atoms with E-state index in [2.05, 4.69) is 18.2 Å². The van der Waals surface area contributed by atoms with E-state index in [-0.39, 0.29) is 39.8 Å². The highest BCUT2D eigenvalue weighted by atomic mass is 35.5. The second-order valence-corrected chi connectivity index (χ2v) is 9.74. The van der Waals surface area contributed by atoms with Crippen molar-refractivity contribution < 1.29 is 32.5 Å². The van der Waals surface area contributed by atoms with Crippen molar-refractivity contribution in [1.29, 1.82) is 0 Å². The lowest BCUT2D eigenvalue weighted by Crippen LogP contribution is -2.36. The summed E-state index contributed by atoms with van der Waals surface area (Å²) >= 11 is 5.85. The fraction of sp³-hybridized carbons (Fsp3) is 0.286. The quantitative estimate of drug-likeness (QED) is 0.176. The van der Waals surface area contributed by atoms with Gasteiger partial charge in [0.05, 0.1) is 16.1 Å². The summed E-state index contributed by atoms with van der Waals surface area (Å²) in [5.41, 5.74) is 1.06. The van der Waals surface area contributed by atoms with Gasteiger partial charge in [0.25, 0.3) is 0 Å². The molecule has 0 bridgehead atoms. The van der Waals surface area contributed by atoms with Gasteiger partial charge in [-0.15, -0.1) is 0 Å². The van der Waals surface area contributed by atoms with Gasteiger partial charge in [0.15, 0.2) is 17.8 Å². The first-order valence-electron chi connectivity index (χ1n) is 11.7. The minimum atomic E-state index is -3.20. The number of alkyl halides is 2. The van der Waals surface area contributed by atoms with Crippen molar-refractivity contribution in [2.45, 2.75) is 38.7 Å². The number of rotatable bonds is 10. The van der Waals surface area contributed by atoms with Crippen LogP contribution < -0.4 is 9.47 Å². The molecule has 0 saturated heterocycles. The summed E-state index contributed by atoms with van der Waals surface area (Å²) in [6, 6.07) is 11.8. The van der Waals surface area contributed by atoms with Crippen LogP contribution in [0.4, 0.5) is 13.2 Å². The molecule has 1 aliphatic rings. The Balaban J connectivity index is 1.66. The molecule has 1 aromatic heterocycles. The van der Waals surface area contributed by atoms with Gasteiger partial charge in [-0.05, 0) is 48.4 Å². The van der Waals surface area contributed by atoms with Gasteiger partial charge in [0, 0.05) is 18.1 Å². The number of aromatic nitrogens is 1. The van der Waals surface area contributed by atoms with Crippen molar-refractivity contribution in [3.05, 3.63) is 94.2 Å². The lowest BCUT2D eigenvalue weighted by molar-refractivity contribution is -0.614. The number of benzene rings is 2. The van der Waals surface area contributed by atoms with Gasteiger partial charge in [0.1, 0.15) is 17.4 Å². The van der Waals surface area contributed by atoms with E-state index in [0.717, 1.165) is 24.8 Å². The van der Waals surface area contributed by atoms with Gasteiger partial charge in [-0.3, -0.25) is 4.79 Å². The van der Waals surface area contributed by atoms with Crippen molar-refractivity contribution in [2.24, 2.45) is 11.8 Å². The highest BCUT2D eigenvalue weighted by molar-refractivity contribution is 6.31. The summed E-state index contributed by atoms with van der Waals surface area (Å²) in [5.74, 6) is -1.68. The number of aliphatic hydroxyl groups is 1. The standard InChI is InChI=1S/C28H25ClF3NO4/c1-15-11-20(15)13-21(24(35)12-17-3-5-18(6-4-17)16(2)34)23-9-7-19(14-33(23)36)26-25(37-28(31)32)10-8-22(29)27(26)30/h3-10,14-15,20-21,28,34H,2,11-13H2,1H3/t15-,20+,21+/m0/s1. The molecule has 0 aliphatic heterocycles. The largest absolute Gasteiger partial charge is 0.618 e. The maximum atomic E-state index is 14.8. The van der Waals surface area contributed by atoms with Crippen molar-refractivity contribution >= 4 is 23.1 Å². The third-order valence-electron chi connectivity index (χ3n) is 6.73. The zero-order valence-corrected chi connectivity index (χ0v) is 20.7. The maximum Gasteiger partial charge on any atom is 0.387 e. The molecule has 2 aromatic carbocycles. The van der Waals surface area contributed by atoms with E-state index in [0.29, 0.717) is 34.1 Å². The van der Waals surface area contributed by atoms with Crippen LogP contribution in [-0.4, -0.2) is 17.5 Å². The second kappa shape index (κ2) is 10.8. The van der Waals surface area contributed by atoms with E-state index in [1.807, 2.05) is 0 Å². The van der Waals surface area contributed by atoms with Crippen LogP contribution in [0, 0.1) is 22.9 Å². The molecule has 1 N–H and O–H groups in total. The highest BCUT2D eigenvalue weighted by Crippen LogP contribution is 2.45. The Morgan fingerprint density at radius 3 is 2.46 bits per heavy atom. The lowest BCUT2D eigenvalue weighted by atomic mass is 9.88. The number of ether oxygens (including phenoxy) is 1. The normalized spacial score (nSPS) is 17.5. The third-order valence-corrected chi connectivity index (χ3v) is 7.02. The molecule has 37 heavy (non-hydrogen) atoms. The van der Waals surface area contributed by atoms with E-state index in [9.17, 15) is 28.3 Å². The van der Waals surface area contributed by atoms with Crippen molar-refractivity contribution in [1.82, 2.24) is 0 Å². The van der Waals surface area contributed by atoms with E-state index in [4.69, 9.17) is 11.6 Å². The first-order valence-corrected chi connectivity index (χ1v) is 12.1. The molecule has 1 fully saturated rings. The molecule has 4 rings (SSSR count). The fourth-order valence-corrected chi connectivity index (χ4v) is 4.65. The van der Waals surface area contributed by atoms with Crippen LogP contribution in [0.15, 0.2) is 61.3 Å². The van der Waals surface area contributed by atoms with E-state index < -0.39 is 24.1 Å². The molecule has 194 valence electrons. The molecular formula is C28H25ClF3NO4. The van der Waals surface area contributed by atoms with Gasteiger partial charge in [-0.2, -0.15) is 13.5 Å². The first-order chi connectivity index (χ1) is 17.5. The predicted molar refractivity (Wildman–Crippen MR) is 134 cm³/mol. The minimum Gasteiger partial charge on any atom is -0.618 e. The van der Waals surface area contributed by atoms with E-state index >= 15 is 0 Å². The molecule has 0 spiro atoms. The number of Topliss-reactive ketones (excluding diaryl/α,β-unsaturated/α-hetero) is 1. The number of nitrogens with zero attached hydrogens (tertiary/aromatic N) is 1. The molecule has 1 saturated carbocycles. The van der Waals surface area contributed by atoms with Crippen LogP contribution in [0.3, 0.4) is 0 Å². The number of aliphatic hydroxyl groups excluding tert-OH is 1. The molecule has 9 heteroatoms. The Morgan fingerprint density at radius 1 is 1.22 bits per heavy atom. The second-order valence-electron chi connectivity index (χ2n) is 9.33. The molecule has 1 aliphatic carbocycles. The zero-order chi connectivity index (χ0) is 26.9. The Kier molecular flexibility index (Phi) is 7.78. The van der Waals surface area contributed by atoms with Crippen LogP contribution >= 0.6 is 11.6 Å². The van der Waals surface area contributed by atoms with Crippen LogP contribution in [0.2, 0.25) is 5.02 Å². The molecule has 5 nitrogen and oxygen atoms in total. The minimum absolute atomic E-state index is 0.0137. The molecule has 0 radical (unpaired) electrons. The number of halogens is 4. The number of carbonyl (C=O) groups excluding carboxylic acids is 1. The van der Waals surface area contributed by atoms with Crippen LogP contribution in [0.5, 0.6) is 5.75 Å². The summed E-state index contributed by atoms with van der Waals surface area (Å²) in [5, 5.41) is 22.3. The maximum absolute atomic E-state index is 14.8. The number of carbonyl (C=O) groups is 1. The Morgan fingerprint density at radius 2 is 1.89 bits per heavy atom. The lowest BCUT2D eigenvalue weighted by Gasteiger charge is -2.17. The number of pyridine rings is 1. The summed E-state index contributed by atoms with van der Waals surface area (Å²) in [7, 11) is 0. The molecule has 3 atom stereocenters.